The Morgan fingerprint density at radius 2 is 2.07 bits per heavy atom. The number of hydrogen-bond acceptors (Lipinski definition) is 5. The molecule has 3 N–H and O–H groups in total. The summed E-state index contributed by atoms with van der Waals surface area (Å²) in [4.78, 5) is 12.0. The van der Waals surface area contributed by atoms with Gasteiger partial charge in [0.2, 0.25) is 15.9 Å². The van der Waals surface area contributed by atoms with Crippen molar-refractivity contribution in [2.24, 2.45) is 5.14 Å². The highest BCUT2D eigenvalue weighted by Crippen LogP contribution is 2.29. The summed E-state index contributed by atoms with van der Waals surface area (Å²) < 4.78 is 41.1. The molecule has 1 saturated heterocycles. The molecule has 0 aliphatic carbocycles. The first kappa shape index (κ1) is 20.9. The quantitative estimate of drug-likeness (QED) is 0.663. The maximum absolute atomic E-state index is 12.3. The fourth-order valence-electron chi connectivity index (χ4n) is 2.83. The molecule has 1 heterocycles. The Balaban J connectivity index is 1.77. The molecule has 2 aromatic carbocycles. The summed E-state index contributed by atoms with van der Waals surface area (Å²) in [5.41, 5.74) is 0.922. The molecule has 7 nitrogen and oxygen atoms in total. The van der Waals surface area contributed by atoms with Crippen LogP contribution in [0.1, 0.15) is 12.0 Å². The van der Waals surface area contributed by atoms with E-state index in [0.717, 1.165) is 0 Å². The summed E-state index contributed by atoms with van der Waals surface area (Å²) >= 11 is 5.09. The Kier molecular flexibility index (Phi) is 6.51. The van der Waals surface area contributed by atoms with Gasteiger partial charge in [-0.05, 0) is 41.0 Å². The number of anilines is 1. The molecule has 1 aliphatic heterocycles. The molecule has 150 valence electrons. The van der Waals surface area contributed by atoms with E-state index in [1.165, 1.54) is 18.2 Å². The summed E-state index contributed by atoms with van der Waals surface area (Å²) in [6.45, 7) is 0. The molecule has 2 atom stereocenters. The van der Waals surface area contributed by atoms with E-state index in [-0.39, 0.29) is 34.8 Å². The summed E-state index contributed by atoms with van der Waals surface area (Å²) in [5, 5.41) is 8.41. The standard InChI is InChI=1S/C18H19ClN2O5S2/c19-15-4-2-1-3-12(15)9-18(22)21-13-5-6-16(17(10-13)28(20,24)25)26-14-7-8-27(23)11-14/h1-6,10,14H,7-9,11H2,(H,21,22)(H2,20,24,25). The van der Waals surface area contributed by atoms with Crippen LogP contribution in [0.25, 0.3) is 0 Å². The van der Waals surface area contributed by atoms with Crippen LogP contribution in [0, 0.1) is 0 Å². The topological polar surface area (TPSA) is 122 Å². The average Bonchev–Trinajstić information content (AvgIpc) is 3.02. The van der Waals surface area contributed by atoms with Crippen LogP contribution in [-0.2, 0) is 32.4 Å². The minimum Gasteiger partial charge on any atom is -0.616 e. The lowest BCUT2D eigenvalue weighted by atomic mass is 10.1. The second kappa shape index (κ2) is 8.71. The molecule has 0 aromatic heterocycles. The number of sulfonamides is 1. The van der Waals surface area contributed by atoms with E-state index in [4.69, 9.17) is 21.5 Å². The number of nitrogens with one attached hydrogen (secondary N) is 1. The maximum atomic E-state index is 12.3. The van der Waals surface area contributed by atoms with Crippen LogP contribution in [0.3, 0.4) is 0 Å². The third-order valence-electron chi connectivity index (χ3n) is 4.18. The van der Waals surface area contributed by atoms with Crippen molar-refractivity contribution in [3.05, 3.63) is 53.1 Å². The van der Waals surface area contributed by atoms with Crippen LogP contribution >= 0.6 is 11.6 Å². The van der Waals surface area contributed by atoms with Crippen molar-refractivity contribution in [3.8, 4) is 5.75 Å². The van der Waals surface area contributed by atoms with Gasteiger partial charge in [0.1, 0.15) is 28.3 Å². The van der Waals surface area contributed by atoms with E-state index < -0.39 is 21.2 Å². The van der Waals surface area contributed by atoms with Gasteiger partial charge in [-0.1, -0.05) is 29.8 Å². The van der Waals surface area contributed by atoms with E-state index in [9.17, 15) is 17.8 Å². The van der Waals surface area contributed by atoms with Crippen molar-refractivity contribution in [1.82, 2.24) is 0 Å². The van der Waals surface area contributed by atoms with Crippen LogP contribution in [-0.4, -0.2) is 36.5 Å². The van der Waals surface area contributed by atoms with Crippen molar-refractivity contribution >= 4 is 44.4 Å². The second-order valence-corrected chi connectivity index (χ2v) is 9.92. The fourth-order valence-corrected chi connectivity index (χ4v) is 5.07. The predicted molar refractivity (Wildman–Crippen MR) is 109 cm³/mol. The van der Waals surface area contributed by atoms with E-state index >= 15 is 0 Å². The zero-order chi connectivity index (χ0) is 20.3. The number of nitrogens with two attached hydrogens (primary N) is 1. The number of ether oxygens (including phenoxy) is 1. The third kappa shape index (κ3) is 5.39. The van der Waals surface area contributed by atoms with Gasteiger partial charge in [0, 0.05) is 17.1 Å². The van der Waals surface area contributed by atoms with Gasteiger partial charge in [-0.15, -0.1) is 0 Å². The lowest BCUT2D eigenvalue weighted by Gasteiger charge is -2.15. The minimum atomic E-state index is -4.09. The molecule has 1 aliphatic rings. The van der Waals surface area contributed by atoms with E-state index in [1.807, 2.05) is 0 Å². The molecule has 28 heavy (non-hydrogen) atoms. The van der Waals surface area contributed by atoms with Crippen LogP contribution in [0.4, 0.5) is 5.69 Å². The Bertz CT molecular complexity index is 984. The van der Waals surface area contributed by atoms with Gasteiger partial charge in [-0.2, -0.15) is 0 Å². The molecule has 2 unspecified atom stereocenters. The smallest absolute Gasteiger partial charge is 0.241 e. The number of benzene rings is 2. The molecule has 1 amide bonds. The summed E-state index contributed by atoms with van der Waals surface area (Å²) in [5.74, 6) is 0.593. The molecular formula is C18H19ClN2O5S2. The number of halogens is 1. The van der Waals surface area contributed by atoms with E-state index in [2.05, 4.69) is 5.32 Å². The number of primary sulfonamides is 1. The first-order valence-corrected chi connectivity index (χ1v) is 11.9. The Morgan fingerprint density at radius 3 is 2.71 bits per heavy atom. The Labute approximate surface area is 171 Å². The van der Waals surface area contributed by atoms with Crippen LogP contribution < -0.4 is 15.2 Å². The number of carbonyl (C=O) groups is 1. The number of carbonyl (C=O) groups excluding carboxylic acids is 1. The largest absolute Gasteiger partial charge is 0.616 e. The average molecular weight is 443 g/mol. The van der Waals surface area contributed by atoms with Gasteiger partial charge in [0.05, 0.1) is 6.42 Å². The monoisotopic (exact) mass is 442 g/mol. The fraction of sp³-hybridized carbons (Fsp3) is 0.278. The highest BCUT2D eigenvalue weighted by molar-refractivity contribution is 7.91. The zero-order valence-corrected chi connectivity index (χ0v) is 17.1. The van der Waals surface area contributed by atoms with Gasteiger partial charge in [-0.3, -0.25) is 4.79 Å². The van der Waals surface area contributed by atoms with Crippen molar-refractivity contribution < 1.29 is 22.5 Å². The zero-order valence-electron chi connectivity index (χ0n) is 14.8. The number of amides is 1. The Hall–Kier alpha value is -1.78. The molecule has 10 heteroatoms. The first-order valence-electron chi connectivity index (χ1n) is 8.44. The van der Waals surface area contributed by atoms with Crippen LogP contribution in [0.15, 0.2) is 47.4 Å². The normalized spacial score (nSPS) is 19.4. The van der Waals surface area contributed by atoms with Gasteiger partial charge in [-0.25, -0.2) is 13.6 Å². The first-order chi connectivity index (χ1) is 13.2. The lowest BCUT2D eigenvalue weighted by molar-refractivity contribution is -0.115. The summed E-state index contributed by atoms with van der Waals surface area (Å²) in [7, 11) is -4.09. The molecule has 1 fully saturated rings. The molecule has 2 aromatic rings. The highest BCUT2D eigenvalue weighted by Gasteiger charge is 2.29. The minimum absolute atomic E-state index is 0.0382. The predicted octanol–water partition coefficient (Wildman–Crippen LogP) is 2.07. The van der Waals surface area contributed by atoms with Crippen molar-refractivity contribution in [1.29, 1.82) is 0 Å². The van der Waals surface area contributed by atoms with Crippen LogP contribution in [0.2, 0.25) is 5.02 Å². The molecule has 0 spiro atoms. The van der Waals surface area contributed by atoms with Gasteiger partial charge in [0.25, 0.3) is 0 Å². The summed E-state index contributed by atoms with van der Waals surface area (Å²) in [6, 6.07) is 11.2. The van der Waals surface area contributed by atoms with Gasteiger partial charge < -0.3 is 14.6 Å². The van der Waals surface area contributed by atoms with E-state index in [0.29, 0.717) is 28.5 Å². The van der Waals surface area contributed by atoms with Gasteiger partial charge >= 0.3 is 0 Å². The molecule has 0 bridgehead atoms. The van der Waals surface area contributed by atoms with Crippen LogP contribution in [0.5, 0.6) is 5.75 Å². The molecule has 3 rings (SSSR count). The molecule has 0 radical (unpaired) electrons. The number of hydrogen-bond donors (Lipinski definition) is 2. The maximum Gasteiger partial charge on any atom is 0.241 e. The van der Waals surface area contributed by atoms with Crippen molar-refractivity contribution in [3.63, 3.8) is 0 Å². The summed E-state index contributed by atoms with van der Waals surface area (Å²) in [6.07, 6.45) is 0.283. The SMILES string of the molecule is NS(=O)(=O)c1cc(NC(=O)Cc2ccccc2Cl)ccc1OC1CC[S+]([O-])C1. The Morgan fingerprint density at radius 1 is 1.32 bits per heavy atom. The van der Waals surface area contributed by atoms with Crippen molar-refractivity contribution in [2.45, 2.75) is 23.8 Å². The third-order valence-corrected chi connectivity index (χ3v) is 6.91. The van der Waals surface area contributed by atoms with Gasteiger partial charge in [0.15, 0.2) is 0 Å². The van der Waals surface area contributed by atoms with Crippen molar-refractivity contribution in [2.75, 3.05) is 16.8 Å². The van der Waals surface area contributed by atoms with E-state index in [1.54, 1.807) is 24.3 Å². The molecular weight excluding hydrogens is 424 g/mol. The lowest BCUT2D eigenvalue weighted by Crippen LogP contribution is -2.21. The molecule has 0 saturated carbocycles. The second-order valence-electron chi connectivity index (χ2n) is 6.36. The number of rotatable bonds is 6. The highest BCUT2D eigenvalue weighted by atomic mass is 35.5.